The highest BCUT2D eigenvalue weighted by molar-refractivity contribution is 7.80. The highest BCUT2D eigenvalue weighted by atomic mass is 32.1. The Kier molecular flexibility index (Phi) is 5.11. The first-order valence-electron chi connectivity index (χ1n) is 6.72. The van der Waals surface area contributed by atoms with Gasteiger partial charge in [0.15, 0.2) is 5.11 Å². The Morgan fingerprint density at radius 2 is 2.05 bits per heavy atom. The third-order valence-corrected chi connectivity index (χ3v) is 3.54. The standard InChI is InChI=1S/C13H18N4O2S/c18-17(19)12-8-4-7-11(9-12)15-16-13(20)14-10-5-2-1-3-6-10/h4,7-10,15H,1-3,5-6H2,(H2,14,16,20). The van der Waals surface area contributed by atoms with E-state index >= 15 is 0 Å². The zero-order chi connectivity index (χ0) is 14.4. The summed E-state index contributed by atoms with van der Waals surface area (Å²) in [6, 6.07) is 6.69. The molecule has 0 heterocycles. The number of hydrazine groups is 1. The molecule has 7 heteroatoms. The lowest BCUT2D eigenvalue weighted by atomic mass is 9.96. The third-order valence-electron chi connectivity index (χ3n) is 3.32. The van der Waals surface area contributed by atoms with Crippen LogP contribution in [0.5, 0.6) is 0 Å². The Hall–Kier alpha value is -1.89. The predicted molar refractivity (Wildman–Crippen MR) is 82.5 cm³/mol. The number of nitrogens with one attached hydrogen (secondary N) is 3. The second-order valence-electron chi connectivity index (χ2n) is 4.87. The zero-order valence-corrected chi connectivity index (χ0v) is 11.9. The molecule has 1 aliphatic rings. The van der Waals surface area contributed by atoms with Crippen LogP contribution >= 0.6 is 12.2 Å². The van der Waals surface area contributed by atoms with E-state index in [4.69, 9.17) is 12.2 Å². The molecule has 1 aliphatic carbocycles. The summed E-state index contributed by atoms with van der Waals surface area (Å²) in [7, 11) is 0. The fraction of sp³-hybridized carbons (Fsp3) is 0.462. The number of anilines is 1. The number of benzene rings is 1. The predicted octanol–water partition coefficient (Wildman–Crippen LogP) is 2.72. The molecule has 0 radical (unpaired) electrons. The number of rotatable bonds is 4. The van der Waals surface area contributed by atoms with Crippen LogP contribution in [0.25, 0.3) is 0 Å². The van der Waals surface area contributed by atoms with Gasteiger partial charge in [-0.05, 0) is 31.1 Å². The van der Waals surface area contributed by atoms with Gasteiger partial charge in [-0.15, -0.1) is 0 Å². The summed E-state index contributed by atoms with van der Waals surface area (Å²) < 4.78 is 0. The molecule has 0 aromatic heterocycles. The van der Waals surface area contributed by atoms with Gasteiger partial charge in [-0.1, -0.05) is 25.3 Å². The molecule has 1 aromatic rings. The summed E-state index contributed by atoms with van der Waals surface area (Å²) in [6.45, 7) is 0. The highest BCUT2D eigenvalue weighted by Crippen LogP contribution is 2.18. The van der Waals surface area contributed by atoms with Crippen molar-refractivity contribution in [2.75, 3.05) is 5.43 Å². The van der Waals surface area contributed by atoms with Crippen LogP contribution in [0.15, 0.2) is 24.3 Å². The largest absolute Gasteiger partial charge is 0.359 e. The monoisotopic (exact) mass is 294 g/mol. The normalized spacial score (nSPS) is 15.4. The van der Waals surface area contributed by atoms with Crippen molar-refractivity contribution >= 4 is 28.7 Å². The molecule has 0 amide bonds. The molecule has 0 saturated heterocycles. The van der Waals surface area contributed by atoms with E-state index in [0.29, 0.717) is 16.8 Å². The summed E-state index contributed by atoms with van der Waals surface area (Å²) in [4.78, 5) is 10.2. The van der Waals surface area contributed by atoms with Crippen LogP contribution < -0.4 is 16.2 Å². The Bertz CT molecular complexity index is 489. The SMILES string of the molecule is O=[N+]([O-])c1cccc(NNC(=S)NC2CCCCC2)c1. The van der Waals surface area contributed by atoms with E-state index in [1.54, 1.807) is 12.1 Å². The van der Waals surface area contributed by atoms with Crippen LogP contribution in [-0.4, -0.2) is 16.1 Å². The number of thiocarbonyl (C=S) groups is 1. The van der Waals surface area contributed by atoms with Gasteiger partial charge in [-0.3, -0.25) is 21.0 Å². The molecule has 20 heavy (non-hydrogen) atoms. The summed E-state index contributed by atoms with van der Waals surface area (Å²) in [6.07, 6.45) is 6.04. The minimum atomic E-state index is -0.427. The van der Waals surface area contributed by atoms with E-state index < -0.39 is 4.92 Å². The van der Waals surface area contributed by atoms with Crippen molar-refractivity contribution in [1.29, 1.82) is 0 Å². The van der Waals surface area contributed by atoms with Crippen molar-refractivity contribution in [3.8, 4) is 0 Å². The Morgan fingerprint density at radius 1 is 1.30 bits per heavy atom. The van der Waals surface area contributed by atoms with Crippen LogP contribution in [-0.2, 0) is 0 Å². The van der Waals surface area contributed by atoms with Gasteiger partial charge in [0.25, 0.3) is 5.69 Å². The van der Waals surface area contributed by atoms with E-state index in [1.807, 2.05) is 0 Å². The number of non-ortho nitro benzene ring substituents is 1. The van der Waals surface area contributed by atoms with Gasteiger partial charge in [0, 0.05) is 18.2 Å². The Labute approximate surface area is 123 Å². The van der Waals surface area contributed by atoms with Gasteiger partial charge in [0.05, 0.1) is 10.6 Å². The molecule has 0 spiro atoms. The van der Waals surface area contributed by atoms with E-state index in [-0.39, 0.29) is 5.69 Å². The zero-order valence-electron chi connectivity index (χ0n) is 11.1. The molecule has 1 fully saturated rings. The summed E-state index contributed by atoms with van der Waals surface area (Å²) in [5.74, 6) is 0. The van der Waals surface area contributed by atoms with Gasteiger partial charge < -0.3 is 5.32 Å². The number of hydrogen-bond acceptors (Lipinski definition) is 4. The fourth-order valence-corrected chi connectivity index (χ4v) is 2.51. The number of nitrogens with zero attached hydrogens (tertiary/aromatic N) is 1. The van der Waals surface area contributed by atoms with Crippen molar-refractivity contribution < 1.29 is 4.92 Å². The van der Waals surface area contributed by atoms with Crippen LogP contribution in [0.1, 0.15) is 32.1 Å². The lowest BCUT2D eigenvalue weighted by molar-refractivity contribution is -0.384. The average molecular weight is 294 g/mol. The number of nitro groups is 1. The smallest absolute Gasteiger partial charge is 0.271 e. The first kappa shape index (κ1) is 14.5. The van der Waals surface area contributed by atoms with Gasteiger partial charge in [-0.2, -0.15) is 0 Å². The van der Waals surface area contributed by atoms with Crippen LogP contribution in [0.2, 0.25) is 0 Å². The topological polar surface area (TPSA) is 79.2 Å². The lowest BCUT2D eigenvalue weighted by Crippen LogP contribution is -2.44. The maximum atomic E-state index is 10.7. The second-order valence-corrected chi connectivity index (χ2v) is 5.27. The van der Waals surface area contributed by atoms with E-state index in [9.17, 15) is 10.1 Å². The van der Waals surface area contributed by atoms with Gasteiger partial charge in [-0.25, -0.2) is 0 Å². The average Bonchev–Trinajstić information content (AvgIpc) is 2.46. The molecule has 2 rings (SSSR count). The molecule has 0 unspecified atom stereocenters. The Balaban J connectivity index is 1.80. The minimum absolute atomic E-state index is 0.0444. The molecule has 108 valence electrons. The van der Waals surface area contributed by atoms with Crippen molar-refractivity contribution in [3.05, 3.63) is 34.4 Å². The highest BCUT2D eigenvalue weighted by Gasteiger charge is 2.13. The summed E-state index contributed by atoms with van der Waals surface area (Å²) in [5.41, 5.74) is 6.38. The number of hydrogen-bond donors (Lipinski definition) is 3. The Morgan fingerprint density at radius 3 is 2.75 bits per heavy atom. The first-order chi connectivity index (χ1) is 9.65. The first-order valence-corrected chi connectivity index (χ1v) is 7.13. The second kappa shape index (κ2) is 7.04. The third kappa shape index (κ3) is 4.34. The van der Waals surface area contributed by atoms with Gasteiger partial charge in [0.2, 0.25) is 0 Å². The molecule has 3 N–H and O–H groups in total. The molecule has 1 aromatic carbocycles. The van der Waals surface area contributed by atoms with Crippen LogP contribution in [0, 0.1) is 10.1 Å². The van der Waals surface area contributed by atoms with Crippen molar-refractivity contribution in [2.45, 2.75) is 38.1 Å². The lowest BCUT2D eigenvalue weighted by Gasteiger charge is -2.24. The van der Waals surface area contributed by atoms with Gasteiger partial charge in [0.1, 0.15) is 0 Å². The fourth-order valence-electron chi connectivity index (χ4n) is 2.29. The van der Waals surface area contributed by atoms with E-state index in [0.717, 1.165) is 12.8 Å². The van der Waals surface area contributed by atoms with E-state index in [1.165, 1.54) is 31.4 Å². The van der Waals surface area contributed by atoms with Gasteiger partial charge >= 0.3 is 0 Å². The number of nitro benzene ring substituents is 1. The molecular formula is C13H18N4O2S. The summed E-state index contributed by atoms with van der Waals surface area (Å²) in [5, 5.41) is 14.4. The van der Waals surface area contributed by atoms with E-state index in [2.05, 4.69) is 16.2 Å². The van der Waals surface area contributed by atoms with Crippen LogP contribution in [0.3, 0.4) is 0 Å². The minimum Gasteiger partial charge on any atom is -0.359 e. The quantitative estimate of drug-likeness (QED) is 0.450. The molecular weight excluding hydrogens is 276 g/mol. The maximum absolute atomic E-state index is 10.7. The summed E-state index contributed by atoms with van der Waals surface area (Å²) >= 11 is 5.20. The van der Waals surface area contributed by atoms with Crippen molar-refractivity contribution in [2.24, 2.45) is 0 Å². The van der Waals surface area contributed by atoms with Crippen molar-refractivity contribution in [1.82, 2.24) is 10.7 Å². The maximum Gasteiger partial charge on any atom is 0.271 e. The van der Waals surface area contributed by atoms with Crippen LogP contribution in [0.4, 0.5) is 11.4 Å². The molecule has 0 aliphatic heterocycles. The molecule has 0 bridgehead atoms. The molecule has 6 nitrogen and oxygen atoms in total. The van der Waals surface area contributed by atoms with Crippen molar-refractivity contribution in [3.63, 3.8) is 0 Å². The molecule has 1 saturated carbocycles. The molecule has 0 atom stereocenters.